The summed E-state index contributed by atoms with van der Waals surface area (Å²) in [6.07, 6.45) is 1.59. The predicted molar refractivity (Wildman–Crippen MR) is 85.8 cm³/mol. The van der Waals surface area contributed by atoms with Crippen molar-refractivity contribution in [2.45, 2.75) is 13.8 Å². The van der Waals surface area contributed by atoms with Crippen molar-refractivity contribution < 1.29 is 9.72 Å². The molecule has 2 rings (SSSR count). The summed E-state index contributed by atoms with van der Waals surface area (Å²) in [5, 5.41) is 13.5. The van der Waals surface area contributed by atoms with Gasteiger partial charge in [0.25, 0.3) is 5.69 Å². The molecule has 0 aliphatic rings. The lowest BCUT2D eigenvalue weighted by Gasteiger charge is -2.02. The number of non-ortho nitro benzene ring substituents is 1. The Balaban J connectivity index is 2.19. The molecule has 0 heterocycles. The first-order valence-electron chi connectivity index (χ1n) is 6.62. The average molecular weight is 297 g/mol. The summed E-state index contributed by atoms with van der Waals surface area (Å²) in [7, 11) is 0. The molecule has 0 saturated heterocycles. The van der Waals surface area contributed by atoms with Gasteiger partial charge >= 0.3 is 0 Å². The molecule has 0 aliphatic carbocycles. The highest BCUT2D eigenvalue weighted by Gasteiger charge is 2.07. The molecule has 112 valence electrons. The molecule has 0 aliphatic heterocycles. The van der Waals surface area contributed by atoms with Crippen LogP contribution in [0.1, 0.15) is 18.1 Å². The molecule has 0 radical (unpaired) electrons. The molecular weight excluding hydrogens is 282 g/mol. The van der Waals surface area contributed by atoms with E-state index in [9.17, 15) is 14.9 Å². The third kappa shape index (κ3) is 3.99. The topological polar surface area (TPSA) is 84.6 Å². The summed E-state index contributed by atoms with van der Waals surface area (Å²) in [6.45, 7) is 3.31. The van der Waals surface area contributed by atoms with Crippen LogP contribution in [0.4, 0.5) is 17.1 Å². The SMILES string of the molecule is CC(=O)Nc1ccc(N=Cc2cc([N+](=O)[O-])ccc2C)cc1. The zero-order valence-corrected chi connectivity index (χ0v) is 12.2. The fourth-order valence-corrected chi connectivity index (χ4v) is 1.86. The first-order valence-corrected chi connectivity index (χ1v) is 6.62. The Hall–Kier alpha value is -3.02. The molecule has 6 heteroatoms. The number of anilines is 1. The van der Waals surface area contributed by atoms with Crippen LogP contribution in [0.2, 0.25) is 0 Å². The number of rotatable bonds is 4. The standard InChI is InChI=1S/C16H15N3O3/c1-11-3-8-16(19(21)22)9-13(11)10-17-14-4-6-15(7-5-14)18-12(2)20/h3-10H,1-2H3,(H,18,20). The number of aliphatic imine (C=N–C) groups is 1. The van der Waals surface area contributed by atoms with Crippen molar-refractivity contribution in [1.29, 1.82) is 0 Å². The number of hydrogen-bond acceptors (Lipinski definition) is 4. The van der Waals surface area contributed by atoms with Crippen molar-refractivity contribution in [3.05, 3.63) is 63.7 Å². The third-order valence-electron chi connectivity index (χ3n) is 3.01. The smallest absolute Gasteiger partial charge is 0.270 e. The maximum Gasteiger partial charge on any atom is 0.270 e. The van der Waals surface area contributed by atoms with Crippen molar-refractivity contribution in [3.63, 3.8) is 0 Å². The highest BCUT2D eigenvalue weighted by atomic mass is 16.6. The Morgan fingerprint density at radius 2 is 1.91 bits per heavy atom. The Kier molecular flexibility index (Phi) is 4.63. The lowest BCUT2D eigenvalue weighted by molar-refractivity contribution is -0.384. The number of nitrogens with zero attached hydrogens (tertiary/aromatic N) is 2. The van der Waals surface area contributed by atoms with E-state index in [0.717, 1.165) is 5.56 Å². The molecule has 2 aromatic rings. The molecule has 2 aromatic carbocycles. The Labute approximate surface area is 127 Å². The summed E-state index contributed by atoms with van der Waals surface area (Å²) < 4.78 is 0. The minimum Gasteiger partial charge on any atom is -0.326 e. The van der Waals surface area contributed by atoms with Crippen molar-refractivity contribution in [2.24, 2.45) is 4.99 Å². The molecule has 0 aromatic heterocycles. The molecule has 0 unspecified atom stereocenters. The van der Waals surface area contributed by atoms with E-state index in [-0.39, 0.29) is 11.6 Å². The molecule has 0 bridgehead atoms. The van der Waals surface area contributed by atoms with Crippen LogP contribution in [0, 0.1) is 17.0 Å². The van der Waals surface area contributed by atoms with Crippen LogP contribution in [0.25, 0.3) is 0 Å². The summed E-state index contributed by atoms with van der Waals surface area (Å²) in [4.78, 5) is 25.6. The number of amides is 1. The van der Waals surface area contributed by atoms with Crippen LogP contribution in [-0.2, 0) is 4.79 Å². The fraction of sp³-hybridized carbons (Fsp3) is 0.125. The van der Waals surface area contributed by atoms with Gasteiger partial charge in [0, 0.05) is 36.5 Å². The van der Waals surface area contributed by atoms with Gasteiger partial charge in [-0.1, -0.05) is 6.07 Å². The van der Waals surface area contributed by atoms with Crippen molar-refractivity contribution in [2.75, 3.05) is 5.32 Å². The van der Waals surface area contributed by atoms with Gasteiger partial charge in [0.15, 0.2) is 0 Å². The van der Waals surface area contributed by atoms with E-state index in [1.165, 1.54) is 19.1 Å². The van der Waals surface area contributed by atoms with Gasteiger partial charge in [-0.3, -0.25) is 19.9 Å². The quantitative estimate of drug-likeness (QED) is 0.531. The van der Waals surface area contributed by atoms with Crippen LogP contribution in [-0.4, -0.2) is 17.0 Å². The maximum atomic E-state index is 10.9. The Bertz CT molecular complexity index is 737. The zero-order valence-electron chi connectivity index (χ0n) is 12.2. The second-order valence-corrected chi connectivity index (χ2v) is 4.78. The summed E-state index contributed by atoms with van der Waals surface area (Å²) in [6, 6.07) is 11.7. The van der Waals surface area contributed by atoms with Gasteiger partial charge in [-0.15, -0.1) is 0 Å². The minimum atomic E-state index is -0.432. The van der Waals surface area contributed by atoms with E-state index >= 15 is 0 Å². The van der Waals surface area contributed by atoms with E-state index in [4.69, 9.17) is 0 Å². The van der Waals surface area contributed by atoms with Crippen LogP contribution in [0.15, 0.2) is 47.5 Å². The minimum absolute atomic E-state index is 0.0352. The molecule has 1 amide bonds. The number of carbonyl (C=O) groups excluding carboxylic acids is 1. The average Bonchev–Trinajstić information content (AvgIpc) is 2.47. The lowest BCUT2D eigenvalue weighted by atomic mass is 10.1. The molecule has 0 fully saturated rings. The molecular formula is C16H15N3O3. The van der Waals surface area contributed by atoms with Crippen LogP contribution in [0.5, 0.6) is 0 Å². The Morgan fingerprint density at radius 1 is 1.23 bits per heavy atom. The molecule has 0 spiro atoms. The van der Waals surface area contributed by atoms with Crippen molar-refractivity contribution in [3.8, 4) is 0 Å². The first kappa shape index (κ1) is 15.4. The molecule has 6 nitrogen and oxygen atoms in total. The second-order valence-electron chi connectivity index (χ2n) is 4.78. The summed E-state index contributed by atoms with van der Waals surface area (Å²) >= 11 is 0. The number of carbonyl (C=O) groups is 1. The zero-order chi connectivity index (χ0) is 16.1. The maximum absolute atomic E-state index is 10.9. The monoisotopic (exact) mass is 297 g/mol. The molecule has 22 heavy (non-hydrogen) atoms. The second kappa shape index (κ2) is 6.62. The van der Waals surface area contributed by atoms with E-state index in [0.29, 0.717) is 16.9 Å². The summed E-state index contributed by atoms with van der Waals surface area (Å²) in [5.41, 5.74) is 3.02. The van der Waals surface area contributed by atoms with Crippen molar-refractivity contribution in [1.82, 2.24) is 0 Å². The largest absolute Gasteiger partial charge is 0.326 e. The van der Waals surface area contributed by atoms with Gasteiger partial charge in [-0.05, 0) is 36.8 Å². The highest BCUT2D eigenvalue weighted by Crippen LogP contribution is 2.19. The van der Waals surface area contributed by atoms with Crippen LogP contribution >= 0.6 is 0 Å². The molecule has 0 saturated carbocycles. The highest BCUT2D eigenvalue weighted by molar-refractivity contribution is 5.89. The van der Waals surface area contributed by atoms with Gasteiger partial charge in [-0.2, -0.15) is 0 Å². The van der Waals surface area contributed by atoms with Gasteiger partial charge in [-0.25, -0.2) is 0 Å². The number of aryl methyl sites for hydroxylation is 1. The number of nitrogens with one attached hydrogen (secondary N) is 1. The van der Waals surface area contributed by atoms with Gasteiger partial charge in [0.2, 0.25) is 5.91 Å². The predicted octanol–water partition coefficient (Wildman–Crippen LogP) is 3.61. The van der Waals surface area contributed by atoms with Crippen molar-refractivity contribution >= 4 is 29.2 Å². The van der Waals surface area contributed by atoms with Gasteiger partial charge < -0.3 is 5.32 Å². The number of nitro groups is 1. The van der Waals surface area contributed by atoms with E-state index in [2.05, 4.69) is 10.3 Å². The van der Waals surface area contributed by atoms with Gasteiger partial charge in [0.1, 0.15) is 0 Å². The van der Waals surface area contributed by atoms with Crippen LogP contribution < -0.4 is 5.32 Å². The number of nitro benzene ring substituents is 1. The molecule has 0 atom stereocenters. The van der Waals surface area contributed by atoms with E-state index in [1.807, 2.05) is 6.92 Å². The fourth-order valence-electron chi connectivity index (χ4n) is 1.86. The van der Waals surface area contributed by atoms with E-state index in [1.54, 1.807) is 36.5 Å². The van der Waals surface area contributed by atoms with E-state index < -0.39 is 4.92 Å². The first-order chi connectivity index (χ1) is 10.5. The number of hydrogen-bond donors (Lipinski definition) is 1. The molecule has 1 N–H and O–H groups in total. The lowest BCUT2D eigenvalue weighted by Crippen LogP contribution is -2.04. The third-order valence-corrected chi connectivity index (χ3v) is 3.01. The van der Waals surface area contributed by atoms with Crippen LogP contribution in [0.3, 0.4) is 0 Å². The Morgan fingerprint density at radius 3 is 2.50 bits per heavy atom. The number of benzene rings is 2. The van der Waals surface area contributed by atoms with Gasteiger partial charge in [0.05, 0.1) is 10.6 Å². The summed E-state index contributed by atoms with van der Waals surface area (Å²) in [5.74, 6) is -0.136. The normalized spacial score (nSPS) is 10.6.